The van der Waals surface area contributed by atoms with Crippen LogP contribution in [0.25, 0.3) is 0 Å². The molecule has 0 bridgehead atoms. The Balaban J connectivity index is 4.57. The summed E-state index contributed by atoms with van der Waals surface area (Å²) in [5.74, 6) is -1.26. The molecule has 0 rings (SSSR count). The molecule has 1 amide bonds. The highest BCUT2D eigenvalue weighted by Gasteiger charge is 2.30. The molecule has 0 aromatic carbocycles. The lowest BCUT2D eigenvalue weighted by Crippen LogP contribution is -2.48. The van der Waals surface area contributed by atoms with Crippen molar-refractivity contribution in [1.29, 1.82) is 0 Å². The van der Waals surface area contributed by atoms with Gasteiger partial charge in [-0.3, -0.25) is 4.79 Å². The van der Waals surface area contributed by atoms with Crippen molar-refractivity contribution >= 4 is 11.9 Å². The lowest BCUT2D eigenvalue weighted by molar-refractivity contribution is -0.144. The number of hydrogen-bond acceptors (Lipinski definition) is 2. The summed E-state index contributed by atoms with van der Waals surface area (Å²) in [6.45, 7) is 9.01. The summed E-state index contributed by atoms with van der Waals surface area (Å²) in [6.07, 6.45) is 0.724. The standard InChI is InChI=1S/C11H21NO3/c1-6-7(2)8(9(13)14)12-10(15)11(3,4)5/h7-8H,6H2,1-5H3,(H,12,15)(H,13,14)/t7-,8-/m0/s1. The van der Waals surface area contributed by atoms with Crippen molar-refractivity contribution in [2.45, 2.75) is 47.1 Å². The molecule has 0 saturated carbocycles. The van der Waals surface area contributed by atoms with E-state index in [9.17, 15) is 9.59 Å². The Bertz CT molecular complexity index is 243. The summed E-state index contributed by atoms with van der Waals surface area (Å²) < 4.78 is 0. The molecule has 4 heteroatoms. The normalized spacial score (nSPS) is 15.5. The molecule has 0 heterocycles. The van der Waals surface area contributed by atoms with Crippen LogP contribution in [0.2, 0.25) is 0 Å². The number of carbonyl (C=O) groups is 2. The molecule has 0 aliphatic heterocycles. The van der Waals surface area contributed by atoms with Gasteiger partial charge >= 0.3 is 5.97 Å². The van der Waals surface area contributed by atoms with Gasteiger partial charge in [0.25, 0.3) is 0 Å². The number of carboxylic acid groups (broad SMARTS) is 1. The number of hydrogen-bond donors (Lipinski definition) is 2. The van der Waals surface area contributed by atoms with Gasteiger partial charge in [-0.1, -0.05) is 41.0 Å². The molecule has 0 radical (unpaired) electrons. The van der Waals surface area contributed by atoms with E-state index < -0.39 is 17.4 Å². The minimum absolute atomic E-state index is 0.0613. The molecule has 88 valence electrons. The fourth-order valence-electron chi connectivity index (χ4n) is 1.04. The third-order valence-corrected chi connectivity index (χ3v) is 2.45. The first-order valence-electron chi connectivity index (χ1n) is 5.24. The zero-order valence-corrected chi connectivity index (χ0v) is 10.1. The molecular weight excluding hydrogens is 194 g/mol. The first kappa shape index (κ1) is 13.9. The molecule has 2 atom stereocenters. The zero-order chi connectivity index (χ0) is 12.2. The second-order valence-corrected chi connectivity index (χ2v) is 4.92. The third-order valence-electron chi connectivity index (χ3n) is 2.45. The lowest BCUT2D eigenvalue weighted by Gasteiger charge is -2.25. The molecular formula is C11H21NO3. The van der Waals surface area contributed by atoms with Crippen LogP contribution in [0.3, 0.4) is 0 Å². The SMILES string of the molecule is CC[C@H](C)[C@H](NC(=O)C(C)(C)C)C(=O)O. The van der Waals surface area contributed by atoms with Crippen LogP contribution in [0.4, 0.5) is 0 Å². The second kappa shape index (κ2) is 5.14. The number of carbonyl (C=O) groups excluding carboxylic acids is 1. The van der Waals surface area contributed by atoms with Crippen LogP contribution >= 0.6 is 0 Å². The number of amides is 1. The predicted octanol–water partition coefficient (Wildman–Crippen LogP) is 1.65. The topological polar surface area (TPSA) is 66.4 Å². The summed E-state index contributed by atoms with van der Waals surface area (Å²) in [7, 11) is 0. The molecule has 0 unspecified atom stereocenters. The molecule has 2 N–H and O–H groups in total. The first-order chi connectivity index (χ1) is 6.70. The monoisotopic (exact) mass is 215 g/mol. The molecule has 0 aromatic rings. The molecule has 0 aliphatic rings. The smallest absolute Gasteiger partial charge is 0.326 e. The quantitative estimate of drug-likeness (QED) is 0.749. The maximum atomic E-state index is 11.6. The summed E-state index contributed by atoms with van der Waals surface area (Å²) in [4.78, 5) is 22.6. The molecule has 0 aromatic heterocycles. The van der Waals surface area contributed by atoms with Crippen molar-refractivity contribution in [3.63, 3.8) is 0 Å². The van der Waals surface area contributed by atoms with Gasteiger partial charge in [-0.05, 0) is 5.92 Å². The van der Waals surface area contributed by atoms with Gasteiger partial charge in [-0.15, -0.1) is 0 Å². The Kier molecular flexibility index (Phi) is 4.78. The number of nitrogens with one attached hydrogen (secondary N) is 1. The van der Waals surface area contributed by atoms with Crippen LogP contribution in [0.15, 0.2) is 0 Å². The second-order valence-electron chi connectivity index (χ2n) is 4.92. The Hall–Kier alpha value is -1.06. The van der Waals surface area contributed by atoms with Gasteiger partial charge in [0.2, 0.25) is 5.91 Å². The van der Waals surface area contributed by atoms with Gasteiger partial charge in [0.15, 0.2) is 0 Å². The van der Waals surface area contributed by atoms with Crippen LogP contribution in [0.1, 0.15) is 41.0 Å². The van der Waals surface area contributed by atoms with E-state index in [0.29, 0.717) is 0 Å². The van der Waals surface area contributed by atoms with Gasteiger partial charge in [0.1, 0.15) is 6.04 Å². The Labute approximate surface area is 91.1 Å². The van der Waals surface area contributed by atoms with Crippen LogP contribution in [0, 0.1) is 11.3 Å². The zero-order valence-electron chi connectivity index (χ0n) is 10.1. The fraction of sp³-hybridized carbons (Fsp3) is 0.818. The van der Waals surface area contributed by atoms with Crippen LogP contribution in [-0.2, 0) is 9.59 Å². The Morgan fingerprint density at radius 2 is 1.80 bits per heavy atom. The molecule has 0 fully saturated rings. The number of aliphatic carboxylic acids is 1. The van der Waals surface area contributed by atoms with Crippen molar-refractivity contribution in [1.82, 2.24) is 5.32 Å². The van der Waals surface area contributed by atoms with Crippen molar-refractivity contribution in [3.8, 4) is 0 Å². The highest BCUT2D eigenvalue weighted by atomic mass is 16.4. The van der Waals surface area contributed by atoms with E-state index in [1.165, 1.54) is 0 Å². The largest absolute Gasteiger partial charge is 0.480 e. The highest BCUT2D eigenvalue weighted by molar-refractivity contribution is 5.86. The number of carboxylic acids is 1. The molecule has 0 spiro atoms. The van der Waals surface area contributed by atoms with Gasteiger partial charge in [-0.25, -0.2) is 4.79 Å². The minimum Gasteiger partial charge on any atom is -0.480 e. The van der Waals surface area contributed by atoms with E-state index in [1.54, 1.807) is 20.8 Å². The number of rotatable bonds is 4. The van der Waals surface area contributed by atoms with Crippen LogP contribution < -0.4 is 5.32 Å². The van der Waals surface area contributed by atoms with Crippen molar-refractivity contribution in [3.05, 3.63) is 0 Å². The van der Waals surface area contributed by atoms with Gasteiger partial charge in [0.05, 0.1) is 0 Å². The first-order valence-corrected chi connectivity index (χ1v) is 5.24. The fourth-order valence-corrected chi connectivity index (χ4v) is 1.04. The Morgan fingerprint density at radius 1 is 1.33 bits per heavy atom. The molecule has 4 nitrogen and oxygen atoms in total. The summed E-state index contributed by atoms with van der Waals surface area (Å²) >= 11 is 0. The van der Waals surface area contributed by atoms with Crippen molar-refractivity contribution in [2.24, 2.45) is 11.3 Å². The maximum Gasteiger partial charge on any atom is 0.326 e. The highest BCUT2D eigenvalue weighted by Crippen LogP contribution is 2.15. The average molecular weight is 215 g/mol. The van der Waals surface area contributed by atoms with E-state index in [1.807, 2.05) is 13.8 Å². The van der Waals surface area contributed by atoms with Crippen molar-refractivity contribution < 1.29 is 14.7 Å². The van der Waals surface area contributed by atoms with Crippen molar-refractivity contribution in [2.75, 3.05) is 0 Å². The summed E-state index contributed by atoms with van der Waals surface area (Å²) in [6, 6.07) is -0.790. The van der Waals surface area contributed by atoms with E-state index in [4.69, 9.17) is 5.11 Å². The van der Waals surface area contributed by atoms with E-state index in [2.05, 4.69) is 5.32 Å². The Morgan fingerprint density at radius 3 is 2.07 bits per heavy atom. The maximum absolute atomic E-state index is 11.6. The summed E-state index contributed by atoms with van der Waals surface area (Å²) in [5, 5.41) is 11.5. The molecule has 0 saturated heterocycles. The lowest BCUT2D eigenvalue weighted by atomic mass is 9.93. The summed E-state index contributed by atoms with van der Waals surface area (Å²) in [5.41, 5.74) is -0.554. The van der Waals surface area contributed by atoms with Crippen LogP contribution in [-0.4, -0.2) is 23.0 Å². The van der Waals surface area contributed by atoms with Crippen LogP contribution in [0.5, 0.6) is 0 Å². The third kappa shape index (κ3) is 4.32. The minimum atomic E-state index is -0.970. The van der Waals surface area contributed by atoms with E-state index >= 15 is 0 Å². The van der Waals surface area contributed by atoms with E-state index in [0.717, 1.165) is 6.42 Å². The van der Waals surface area contributed by atoms with Gasteiger partial charge in [0, 0.05) is 5.41 Å². The van der Waals surface area contributed by atoms with Gasteiger partial charge < -0.3 is 10.4 Å². The molecule has 15 heavy (non-hydrogen) atoms. The predicted molar refractivity (Wildman–Crippen MR) is 58.5 cm³/mol. The molecule has 0 aliphatic carbocycles. The van der Waals surface area contributed by atoms with Gasteiger partial charge in [-0.2, -0.15) is 0 Å². The van der Waals surface area contributed by atoms with E-state index in [-0.39, 0.29) is 11.8 Å². The average Bonchev–Trinajstić information content (AvgIpc) is 2.10.